The quantitative estimate of drug-likeness (QED) is 0.919. The average Bonchev–Trinajstić information content (AvgIpc) is 3.11. The molecular weight excluding hydrogens is 252 g/mol. The Morgan fingerprint density at radius 3 is 3.10 bits per heavy atom. The fourth-order valence-corrected chi connectivity index (χ4v) is 2.66. The normalized spacial score (nSPS) is 20.2. The third-order valence-corrected chi connectivity index (χ3v) is 4.05. The maximum atomic E-state index is 6.38. The Morgan fingerprint density at radius 2 is 2.35 bits per heavy atom. The predicted octanol–water partition coefficient (Wildman–Crippen LogP) is 1.67. The van der Waals surface area contributed by atoms with Gasteiger partial charge < -0.3 is 15.0 Å². The van der Waals surface area contributed by atoms with Crippen LogP contribution in [-0.4, -0.2) is 27.7 Å². The number of aromatic nitrogens is 3. The zero-order valence-electron chi connectivity index (χ0n) is 11.7. The summed E-state index contributed by atoms with van der Waals surface area (Å²) in [6.07, 6.45) is 8.46. The van der Waals surface area contributed by atoms with E-state index in [4.69, 9.17) is 10.5 Å². The summed E-state index contributed by atoms with van der Waals surface area (Å²) < 4.78 is 7.55. The Labute approximate surface area is 118 Å². The molecule has 2 aromatic heterocycles. The molecule has 2 unspecified atom stereocenters. The van der Waals surface area contributed by atoms with Gasteiger partial charge in [0.25, 0.3) is 0 Å². The fourth-order valence-electron chi connectivity index (χ4n) is 2.66. The van der Waals surface area contributed by atoms with Crippen molar-refractivity contribution in [2.75, 3.05) is 13.2 Å². The number of hydrogen-bond donors (Lipinski definition) is 1. The molecule has 0 bridgehead atoms. The molecule has 2 aromatic rings. The van der Waals surface area contributed by atoms with Crippen LogP contribution < -0.4 is 5.73 Å². The molecule has 1 fully saturated rings. The van der Waals surface area contributed by atoms with Gasteiger partial charge in [-0.05, 0) is 30.5 Å². The van der Waals surface area contributed by atoms with Gasteiger partial charge in [0.1, 0.15) is 0 Å². The van der Waals surface area contributed by atoms with Gasteiger partial charge in [0.2, 0.25) is 0 Å². The molecule has 3 heterocycles. The van der Waals surface area contributed by atoms with Crippen LogP contribution in [0.2, 0.25) is 0 Å². The highest BCUT2D eigenvalue weighted by molar-refractivity contribution is 5.22. The van der Waals surface area contributed by atoms with Crippen molar-refractivity contribution in [3.63, 3.8) is 0 Å². The zero-order chi connectivity index (χ0) is 13.9. The average molecular weight is 272 g/mol. The number of nitrogens with two attached hydrogens (primary N) is 1. The lowest BCUT2D eigenvalue weighted by Gasteiger charge is -2.19. The molecular formula is C15H20N4O. The third-order valence-electron chi connectivity index (χ3n) is 4.05. The van der Waals surface area contributed by atoms with Gasteiger partial charge in [-0.2, -0.15) is 0 Å². The van der Waals surface area contributed by atoms with Crippen molar-refractivity contribution >= 4 is 0 Å². The van der Waals surface area contributed by atoms with Crippen LogP contribution in [0.1, 0.15) is 29.3 Å². The van der Waals surface area contributed by atoms with Crippen molar-refractivity contribution in [3.05, 3.63) is 47.8 Å². The first-order valence-electron chi connectivity index (χ1n) is 6.98. The molecule has 0 radical (unpaired) electrons. The second-order valence-electron chi connectivity index (χ2n) is 5.40. The summed E-state index contributed by atoms with van der Waals surface area (Å²) in [4.78, 5) is 8.46. The van der Waals surface area contributed by atoms with E-state index in [0.29, 0.717) is 5.92 Å². The summed E-state index contributed by atoms with van der Waals surface area (Å²) in [5.74, 6) is 0.389. The zero-order valence-corrected chi connectivity index (χ0v) is 11.7. The summed E-state index contributed by atoms with van der Waals surface area (Å²) in [6.45, 7) is 4.42. The highest BCUT2D eigenvalue weighted by Gasteiger charge is 2.26. The van der Waals surface area contributed by atoms with E-state index in [2.05, 4.69) is 21.5 Å². The van der Waals surface area contributed by atoms with Gasteiger partial charge in [-0.15, -0.1) is 0 Å². The molecule has 5 nitrogen and oxygen atoms in total. The summed E-state index contributed by atoms with van der Waals surface area (Å²) in [6, 6.07) is 2.01. The van der Waals surface area contributed by atoms with Gasteiger partial charge in [0, 0.05) is 31.1 Å². The summed E-state index contributed by atoms with van der Waals surface area (Å²) in [7, 11) is 0. The van der Waals surface area contributed by atoms with Gasteiger partial charge >= 0.3 is 0 Å². The van der Waals surface area contributed by atoms with Gasteiger partial charge in [0.05, 0.1) is 31.2 Å². The molecule has 1 saturated heterocycles. The van der Waals surface area contributed by atoms with Crippen LogP contribution in [0, 0.1) is 12.8 Å². The van der Waals surface area contributed by atoms with E-state index < -0.39 is 0 Å². The lowest BCUT2D eigenvalue weighted by molar-refractivity contribution is 0.180. The summed E-state index contributed by atoms with van der Waals surface area (Å²) >= 11 is 0. The van der Waals surface area contributed by atoms with E-state index in [1.165, 1.54) is 11.1 Å². The molecule has 1 aliphatic rings. The number of rotatable bonds is 4. The Morgan fingerprint density at radius 1 is 1.45 bits per heavy atom. The number of hydrogen-bond acceptors (Lipinski definition) is 4. The Bertz CT molecular complexity index is 575. The first-order valence-corrected chi connectivity index (χ1v) is 6.98. The molecule has 0 amide bonds. The van der Waals surface area contributed by atoms with Crippen LogP contribution in [0.3, 0.4) is 0 Å². The second-order valence-corrected chi connectivity index (χ2v) is 5.40. The van der Waals surface area contributed by atoms with Crippen molar-refractivity contribution < 1.29 is 4.74 Å². The molecule has 0 aliphatic carbocycles. The van der Waals surface area contributed by atoms with Crippen LogP contribution in [0.4, 0.5) is 0 Å². The fraction of sp³-hybridized carbons (Fsp3) is 0.467. The number of aryl methyl sites for hydroxylation is 1. The van der Waals surface area contributed by atoms with Gasteiger partial charge in [-0.1, -0.05) is 0 Å². The Kier molecular flexibility index (Phi) is 3.80. The SMILES string of the molecule is Cc1ccncc1Cn1cncc1C(N)C1CCOC1. The minimum atomic E-state index is -0.0167. The van der Waals surface area contributed by atoms with Gasteiger partial charge in [-0.25, -0.2) is 4.98 Å². The van der Waals surface area contributed by atoms with Crippen molar-refractivity contribution in [2.24, 2.45) is 11.7 Å². The van der Waals surface area contributed by atoms with Gasteiger partial charge in [0.15, 0.2) is 0 Å². The molecule has 1 aliphatic heterocycles. The van der Waals surface area contributed by atoms with Gasteiger partial charge in [-0.3, -0.25) is 4.98 Å². The van der Waals surface area contributed by atoms with E-state index in [1.807, 2.05) is 31.0 Å². The smallest absolute Gasteiger partial charge is 0.0951 e. The van der Waals surface area contributed by atoms with Crippen molar-refractivity contribution in [1.29, 1.82) is 0 Å². The molecule has 2 atom stereocenters. The predicted molar refractivity (Wildman–Crippen MR) is 76.2 cm³/mol. The summed E-state index contributed by atoms with van der Waals surface area (Å²) in [5, 5.41) is 0. The van der Waals surface area contributed by atoms with E-state index in [1.54, 1.807) is 0 Å². The van der Waals surface area contributed by atoms with E-state index >= 15 is 0 Å². The van der Waals surface area contributed by atoms with Crippen molar-refractivity contribution in [3.8, 4) is 0 Å². The monoisotopic (exact) mass is 272 g/mol. The molecule has 0 saturated carbocycles. The summed E-state index contributed by atoms with van der Waals surface area (Å²) in [5.41, 5.74) is 9.88. The molecule has 0 spiro atoms. The molecule has 106 valence electrons. The molecule has 2 N–H and O–H groups in total. The van der Waals surface area contributed by atoms with Crippen LogP contribution in [-0.2, 0) is 11.3 Å². The number of imidazole rings is 1. The highest BCUT2D eigenvalue weighted by atomic mass is 16.5. The maximum absolute atomic E-state index is 6.38. The molecule has 5 heteroatoms. The van der Waals surface area contributed by atoms with Crippen molar-refractivity contribution in [2.45, 2.75) is 25.9 Å². The molecule has 20 heavy (non-hydrogen) atoms. The number of pyridine rings is 1. The highest BCUT2D eigenvalue weighted by Crippen LogP contribution is 2.26. The number of ether oxygens (including phenoxy) is 1. The lowest BCUT2D eigenvalue weighted by Crippen LogP contribution is -2.24. The number of nitrogens with zero attached hydrogens (tertiary/aromatic N) is 3. The van der Waals surface area contributed by atoms with E-state index in [-0.39, 0.29) is 6.04 Å². The molecule has 3 rings (SSSR count). The maximum Gasteiger partial charge on any atom is 0.0951 e. The van der Waals surface area contributed by atoms with Crippen LogP contribution >= 0.6 is 0 Å². The third kappa shape index (κ3) is 2.59. The first-order chi connectivity index (χ1) is 9.75. The van der Waals surface area contributed by atoms with Crippen LogP contribution in [0.25, 0.3) is 0 Å². The van der Waals surface area contributed by atoms with Crippen LogP contribution in [0.15, 0.2) is 31.0 Å². The second kappa shape index (κ2) is 5.73. The first kappa shape index (κ1) is 13.3. The minimum absolute atomic E-state index is 0.0167. The lowest BCUT2D eigenvalue weighted by atomic mass is 9.97. The Balaban J connectivity index is 1.81. The Hall–Kier alpha value is -1.72. The standard InChI is InChI=1S/C15H20N4O/c1-11-2-4-17-6-13(11)8-19-10-18-7-14(19)15(16)12-3-5-20-9-12/h2,4,6-7,10,12,15H,3,5,8-9,16H2,1H3. The van der Waals surface area contributed by atoms with Crippen LogP contribution in [0.5, 0.6) is 0 Å². The largest absolute Gasteiger partial charge is 0.381 e. The minimum Gasteiger partial charge on any atom is -0.381 e. The molecule has 0 aromatic carbocycles. The van der Waals surface area contributed by atoms with E-state index in [0.717, 1.165) is 31.9 Å². The van der Waals surface area contributed by atoms with E-state index in [9.17, 15) is 0 Å². The van der Waals surface area contributed by atoms with Crippen molar-refractivity contribution in [1.82, 2.24) is 14.5 Å². The topological polar surface area (TPSA) is 66.0 Å².